The second kappa shape index (κ2) is 10.5. The third-order valence-electron chi connectivity index (χ3n) is 5.22. The number of carbonyl (C=O) groups excluding carboxylic acids is 1. The van der Waals surface area contributed by atoms with Crippen LogP contribution in [0.3, 0.4) is 0 Å². The number of methoxy groups -OCH3 is 1. The lowest BCUT2D eigenvalue weighted by molar-refractivity contribution is -0.121. The van der Waals surface area contributed by atoms with Gasteiger partial charge < -0.3 is 10.1 Å². The molecule has 0 aromatic heterocycles. The van der Waals surface area contributed by atoms with Crippen molar-refractivity contribution in [2.75, 3.05) is 27.0 Å². The van der Waals surface area contributed by atoms with Crippen molar-refractivity contribution in [2.24, 2.45) is 0 Å². The number of thioether (sulfide) groups is 1. The van der Waals surface area contributed by atoms with Gasteiger partial charge in [0.05, 0.1) is 24.6 Å². The number of benzene rings is 2. The minimum absolute atomic E-state index is 0.168. The molecule has 0 fully saturated rings. The standard InChI is InChI=1S/C23H32N2O4S2/c1-15(2)20-13-21(16(3)12-22(20)29-6)17(4)24-23(26)14-25(5)31(27,28)19-10-8-18(30-7)9-11-19/h8-13,15,17H,14H2,1-7H3,(H,24,26)/t17-/m0/s1. The molecular weight excluding hydrogens is 432 g/mol. The molecule has 8 heteroatoms. The Morgan fingerprint density at radius 1 is 1.13 bits per heavy atom. The van der Waals surface area contributed by atoms with E-state index in [1.54, 1.807) is 31.4 Å². The highest BCUT2D eigenvalue weighted by molar-refractivity contribution is 7.98. The third kappa shape index (κ3) is 6.02. The zero-order valence-electron chi connectivity index (χ0n) is 19.2. The molecule has 0 heterocycles. The second-order valence-electron chi connectivity index (χ2n) is 7.83. The smallest absolute Gasteiger partial charge is 0.243 e. The van der Waals surface area contributed by atoms with Crippen molar-refractivity contribution in [3.8, 4) is 5.75 Å². The van der Waals surface area contributed by atoms with E-state index in [4.69, 9.17) is 4.74 Å². The Labute approximate surface area is 190 Å². The SMILES string of the molecule is COc1cc(C)c([C@H](C)NC(=O)CN(C)S(=O)(=O)c2ccc(SC)cc2)cc1C(C)C. The molecule has 0 spiro atoms. The van der Waals surface area contributed by atoms with E-state index in [-0.39, 0.29) is 29.3 Å². The molecule has 0 bridgehead atoms. The molecule has 1 amide bonds. The minimum atomic E-state index is -3.75. The number of amides is 1. The predicted molar refractivity (Wildman–Crippen MR) is 126 cm³/mol. The van der Waals surface area contributed by atoms with Gasteiger partial charge in [-0.3, -0.25) is 4.79 Å². The lowest BCUT2D eigenvalue weighted by atomic mass is 9.93. The van der Waals surface area contributed by atoms with Crippen LogP contribution in [0.25, 0.3) is 0 Å². The topological polar surface area (TPSA) is 75.7 Å². The largest absolute Gasteiger partial charge is 0.496 e. The summed E-state index contributed by atoms with van der Waals surface area (Å²) < 4.78 is 32.1. The first-order valence-corrected chi connectivity index (χ1v) is 12.8. The zero-order chi connectivity index (χ0) is 23.3. The van der Waals surface area contributed by atoms with Gasteiger partial charge in [-0.05, 0) is 79.1 Å². The van der Waals surface area contributed by atoms with Crippen molar-refractivity contribution in [1.82, 2.24) is 9.62 Å². The number of nitrogens with zero attached hydrogens (tertiary/aromatic N) is 1. The van der Waals surface area contributed by atoms with Gasteiger partial charge in [0, 0.05) is 11.9 Å². The quantitative estimate of drug-likeness (QED) is 0.559. The van der Waals surface area contributed by atoms with Crippen molar-refractivity contribution in [3.05, 3.63) is 53.1 Å². The molecule has 6 nitrogen and oxygen atoms in total. The molecule has 2 rings (SSSR count). The Morgan fingerprint density at radius 2 is 1.74 bits per heavy atom. The molecule has 0 radical (unpaired) electrons. The van der Waals surface area contributed by atoms with E-state index in [1.807, 2.05) is 26.2 Å². The van der Waals surface area contributed by atoms with Gasteiger partial charge in [-0.2, -0.15) is 4.31 Å². The van der Waals surface area contributed by atoms with E-state index < -0.39 is 10.0 Å². The van der Waals surface area contributed by atoms with Crippen LogP contribution in [0.4, 0.5) is 0 Å². The van der Waals surface area contributed by atoms with E-state index in [9.17, 15) is 13.2 Å². The minimum Gasteiger partial charge on any atom is -0.496 e. The monoisotopic (exact) mass is 464 g/mol. The average molecular weight is 465 g/mol. The molecule has 2 aromatic carbocycles. The van der Waals surface area contributed by atoms with Crippen LogP contribution < -0.4 is 10.1 Å². The number of hydrogen-bond donors (Lipinski definition) is 1. The van der Waals surface area contributed by atoms with Crippen LogP contribution >= 0.6 is 11.8 Å². The van der Waals surface area contributed by atoms with Crippen molar-refractivity contribution >= 4 is 27.7 Å². The van der Waals surface area contributed by atoms with Gasteiger partial charge in [0.1, 0.15) is 5.75 Å². The zero-order valence-corrected chi connectivity index (χ0v) is 20.9. The van der Waals surface area contributed by atoms with Crippen LogP contribution in [-0.4, -0.2) is 45.6 Å². The van der Waals surface area contributed by atoms with Gasteiger partial charge in [-0.25, -0.2) is 8.42 Å². The van der Waals surface area contributed by atoms with Gasteiger partial charge in [-0.1, -0.05) is 13.8 Å². The molecule has 0 unspecified atom stereocenters. The third-order valence-corrected chi connectivity index (χ3v) is 7.78. The fourth-order valence-corrected chi connectivity index (χ4v) is 4.93. The molecule has 0 aliphatic carbocycles. The molecule has 0 aliphatic rings. The van der Waals surface area contributed by atoms with Crippen molar-refractivity contribution in [1.29, 1.82) is 0 Å². The van der Waals surface area contributed by atoms with E-state index >= 15 is 0 Å². The number of likely N-dealkylation sites (N-methyl/N-ethyl adjacent to an activating group) is 1. The summed E-state index contributed by atoms with van der Waals surface area (Å²) in [5, 5.41) is 2.92. The summed E-state index contributed by atoms with van der Waals surface area (Å²) in [6.45, 7) is 7.78. The fraction of sp³-hybridized carbons (Fsp3) is 0.435. The molecule has 0 saturated heterocycles. The molecule has 0 aliphatic heterocycles. The van der Waals surface area contributed by atoms with Crippen molar-refractivity contribution in [3.63, 3.8) is 0 Å². The number of ether oxygens (including phenoxy) is 1. The van der Waals surface area contributed by atoms with Gasteiger partial charge in [0.15, 0.2) is 0 Å². The summed E-state index contributed by atoms with van der Waals surface area (Å²) in [5.41, 5.74) is 3.05. The average Bonchev–Trinajstić information content (AvgIpc) is 2.72. The number of sulfonamides is 1. The van der Waals surface area contributed by atoms with Crippen LogP contribution in [-0.2, 0) is 14.8 Å². The molecule has 0 saturated carbocycles. The summed E-state index contributed by atoms with van der Waals surface area (Å²) >= 11 is 1.54. The van der Waals surface area contributed by atoms with Gasteiger partial charge >= 0.3 is 0 Å². The first-order chi connectivity index (χ1) is 14.5. The van der Waals surface area contributed by atoms with Crippen molar-refractivity contribution in [2.45, 2.75) is 49.4 Å². The highest BCUT2D eigenvalue weighted by atomic mass is 32.2. The normalized spacial score (nSPS) is 12.8. The molecule has 31 heavy (non-hydrogen) atoms. The molecule has 1 N–H and O–H groups in total. The van der Waals surface area contributed by atoms with Crippen LogP contribution in [0.5, 0.6) is 5.75 Å². The Kier molecular flexibility index (Phi) is 8.57. The van der Waals surface area contributed by atoms with Crippen LogP contribution in [0, 0.1) is 6.92 Å². The lowest BCUT2D eigenvalue weighted by Gasteiger charge is -2.22. The summed E-state index contributed by atoms with van der Waals surface area (Å²) in [6.07, 6.45) is 1.93. The van der Waals surface area contributed by atoms with Crippen molar-refractivity contribution < 1.29 is 17.9 Å². The Balaban J connectivity index is 2.13. The van der Waals surface area contributed by atoms with Gasteiger partial charge in [0.25, 0.3) is 0 Å². The Morgan fingerprint density at radius 3 is 2.26 bits per heavy atom. The number of nitrogens with one attached hydrogen (secondary N) is 1. The first kappa shape index (κ1) is 25.2. The summed E-state index contributed by atoms with van der Waals surface area (Å²) in [5.74, 6) is 0.736. The molecule has 2 aromatic rings. The number of carbonyl (C=O) groups is 1. The van der Waals surface area contributed by atoms with Gasteiger partial charge in [-0.15, -0.1) is 11.8 Å². The number of rotatable bonds is 9. The van der Waals surface area contributed by atoms with Crippen LogP contribution in [0.1, 0.15) is 49.4 Å². The summed E-state index contributed by atoms with van der Waals surface area (Å²) in [4.78, 5) is 13.8. The maximum absolute atomic E-state index is 12.8. The maximum atomic E-state index is 12.8. The summed E-state index contributed by atoms with van der Waals surface area (Å²) in [6, 6.07) is 10.4. The lowest BCUT2D eigenvalue weighted by Crippen LogP contribution is -2.39. The van der Waals surface area contributed by atoms with E-state index in [0.29, 0.717) is 0 Å². The number of hydrogen-bond acceptors (Lipinski definition) is 5. The highest BCUT2D eigenvalue weighted by Crippen LogP contribution is 2.32. The first-order valence-electron chi connectivity index (χ1n) is 10.1. The van der Waals surface area contributed by atoms with E-state index in [0.717, 1.165) is 31.6 Å². The van der Waals surface area contributed by atoms with E-state index in [1.165, 1.54) is 18.8 Å². The predicted octanol–water partition coefficient (Wildman–Crippen LogP) is 4.35. The number of aryl methyl sites for hydroxylation is 1. The Bertz CT molecular complexity index is 1020. The molecule has 170 valence electrons. The highest BCUT2D eigenvalue weighted by Gasteiger charge is 2.24. The van der Waals surface area contributed by atoms with E-state index in [2.05, 4.69) is 25.2 Å². The summed E-state index contributed by atoms with van der Waals surface area (Å²) in [7, 11) is -0.684. The van der Waals surface area contributed by atoms with Crippen LogP contribution in [0.2, 0.25) is 0 Å². The van der Waals surface area contributed by atoms with Gasteiger partial charge in [0.2, 0.25) is 15.9 Å². The molecular formula is C23H32N2O4S2. The maximum Gasteiger partial charge on any atom is 0.243 e. The van der Waals surface area contributed by atoms with Crippen LogP contribution in [0.15, 0.2) is 46.2 Å². The second-order valence-corrected chi connectivity index (χ2v) is 10.8. The Hall–Kier alpha value is -2.03. The fourth-order valence-electron chi connectivity index (χ4n) is 3.39. The molecule has 1 atom stereocenters.